The van der Waals surface area contributed by atoms with Crippen LogP contribution >= 0.6 is 15.9 Å². The summed E-state index contributed by atoms with van der Waals surface area (Å²) in [5, 5.41) is 0. The van der Waals surface area contributed by atoms with E-state index in [0.717, 1.165) is 35.7 Å². The summed E-state index contributed by atoms with van der Waals surface area (Å²) in [6, 6.07) is 3.82. The highest BCUT2D eigenvalue weighted by Crippen LogP contribution is 2.47. The Morgan fingerprint density at radius 2 is 1.95 bits per heavy atom. The minimum absolute atomic E-state index is 0.0435. The summed E-state index contributed by atoms with van der Waals surface area (Å²) in [4.78, 5) is 15.0. The Bertz CT molecular complexity index is 559. The summed E-state index contributed by atoms with van der Waals surface area (Å²) >= 11 is 3.58. The summed E-state index contributed by atoms with van der Waals surface area (Å²) in [5.74, 6) is 1.35. The number of methoxy groups -OCH3 is 1. The SMILES string of the molecule is COc1cc(Br)c(C2(N=C=O)CCCC2)cc1OC(C)C. The van der Waals surface area contributed by atoms with Crippen molar-refractivity contribution in [1.82, 2.24) is 0 Å². The summed E-state index contributed by atoms with van der Waals surface area (Å²) in [6.07, 6.45) is 5.62. The average molecular weight is 354 g/mol. The van der Waals surface area contributed by atoms with Gasteiger partial charge in [0.25, 0.3) is 0 Å². The van der Waals surface area contributed by atoms with Crippen molar-refractivity contribution < 1.29 is 14.3 Å². The molecule has 114 valence electrons. The molecule has 1 aliphatic carbocycles. The third-order valence-electron chi connectivity index (χ3n) is 3.81. The van der Waals surface area contributed by atoms with Gasteiger partial charge >= 0.3 is 0 Å². The fourth-order valence-corrected chi connectivity index (χ4v) is 3.58. The van der Waals surface area contributed by atoms with Crippen LogP contribution in [0.3, 0.4) is 0 Å². The molecule has 0 N–H and O–H groups in total. The van der Waals surface area contributed by atoms with Crippen LogP contribution in [0.1, 0.15) is 45.1 Å². The number of ether oxygens (including phenoxy) is 2. The van der Waals surface area contributed by atoms with E-state index in [4.69, 9.17) is 9.47 Å². The van der Waals surface area contributed by atoms with Crippen molar-refractivity contribution in [2.24, 2.45) is 4.99 Å². The lowest BCUT2D eigenvalue weighted by atomic mass is 9.88. The molecule has 1 fully saturated rings. The Kier molecular flexibility index (Phi) is 5.07. The lowest BCUT2D eigenvalue weighted by molar-refractivity contribution is 0.229. The molecule has 0 amide bonds. The molecule has 0 bridgehead atoms. The number of benzene rings is 1. The first-order chi connectivity index (χ1) is 10.0. The van der Waals surface area contributed by atoms with Gasteiger partial charge in [-0.05, 0) is 44.4 Å². The van der Waals surface area contributed by atoms with E-state index in [1.165, 1.54) is 0 Å². The number of aliphatic imine (C=N–C) groups is 1. The molecule has 21 heavy (non-hydrogen) atoms. The molecule has 0 atom stereocenters. The first-order valence-corrected chi connectivity index (χ1v) is 7.95. The zero-order valence-electron chi connectivity index (χ0n) is 12.6. The Hall–Kier alpha value is -1.32. The Balaban J connectivity index is 2.54. The maximum absolute atomic E-state index is 10.9. The van der Waals surface area contributed by atoms with Gasteiger partial charge in [0, 0.05) is 4.47 Å². The molecule has 0 saturated heterocycles. The van der Waals surface area contributed by atoms with Crippen LogP contribution in [0.15, 0.2) is 21.6 Å². The smallest absolute Gasteiger partial charge is 0.235 e. The van der Waals surface area contributed by atoms with Gasteiger partial charge < -0.3 is 9.47 Å². The second kappa shape index (κ2) is 6.63. The molecule has 0 heterocycles. The molecule has 0 radical (unpaired) electrons. The van der Waals surface area contributed by atoms with E-state index < -0.39 is 5.54 Å². The van der Waals surface area contributed by atoms with Gasteiger partial charge in [-0.2, -0.15) is 4.99 Å². The molecule has 0 spiro atoms. The van der Waals surface area contributed by atoms with E-state index in [-0.39, 0.29) is 6.10 Å². The zero-order chi connectivity index (χ0) is 15.5. The van der Waals surface area contributed by atoms with Crippen molar-refractivity contribution in [2.75, 3.05) is 7.11 Å². The standard InChI is InChI=1S/C16H20BrNO3/c1-11(2)21-15-8-12(13(17)9-14(15)20-3)16(18-10-19)6-4-5-7-16/h8-9,11H,4-7H2,1-3H3. The maximum Gasteiger partial charge on any atom is 0.235 e. The minimum Gasteiger partial charge on any atom is -0.493 e. The molecule has 4 nitrogen and oxygen atoms in total. The highest BCUT2D eigenvalue weighted by atomic mass is 79.9. The first kappa shape index (κ1) is 16.1. The molecular weight excluding hydrogens is 334 g/mol. The van der Waals surface area contributed by atoms with E-state index in [9.17, 15) is 4.79 Å². The number of halogens is 1. The average Bonchev–Trinajstić information content (AvgIpc) is 2.89. The number of nitrogens with zero attached hydrogens (tertiary/aromatic N) is 1. The van der Waals surface area contributed by atoms with Gasteiger partial charge in [-0.1, -0.05) is 28.8 Å². The van der Waals surface area contributed by atoms with Crippen LogP contribution in [0.25, 0.3) is 0 Å². The predicted molar refractivity (Wildman–Crippen MR) is 84.7 cm³/mol. The van der Waals surface area contributed by atoms with Crippen molar-refractivity contribution in [3.8, 4) is 11.5 Å². The number of hydrogen-bond donors (Lipinski definition) is 0. The summed E-state index contributed by atoms with van der Waals surface area (Å²) in [7, 11) is 1.61. The lowest BCUT2D eigenvalue weighted by Gasteiger charge is -2.26. The van der Waals surface area contributed by atoms with E-state index in [0.29, 0.717) is 11.5 Å². The molecule has 0 aliphatic heterocycles. The largest absolute Gasteiger partial charge is 0.493 e. The number of hydrogen-bond acceptors (Lipinski definition) is 4. The Morgan fingerprint density at radius 3 is 2.48 bits per heavy atom. The Morgan fingerprint density at radius 1 is 1.29 bits per heavy atom. The van der Waals surface area contributed by atoms with Crippen LogP contribution in [0.2, 0.25) is 0 Å². The third-order valence-corrected chi connectivity index (χ3v) is 4.46. The second-order valence-electron chi connectivity index (χ2n) is 5.59. The number of isocyanates is 1. The van der Waals surface area contributed by atoms with Crippen LogP contribution in [0, 0.1) is 0 Å². The molecule has 1 aromatic rings. The van der Waals surface area contributed by atoms with Crippen LogP contribution in [0.4, 0.5) is 0 Å². The molecular formula is C16H20BrNO3. The van der Waals surface area contributed by atoms with Gasteiger partial charge in [-0.15, -0.1) is 0 Å². The third kappa shape index (κ3) is 3.30. The Labute approximate surface area is 133 Å². The van der Waals surface area contributed by atoms with Crippen LogP contribution < -0.4 is 9.47 Å². The highest BCUT2D eigenvalue weighted by Gasteiger charge is 2.38. The van der Waals surface area contributed by atoms with Gasteiger partial charge in [-0.25, -0.2) is 4.79 Å². The predicted octanol–water partition coefficient (Wildman–Crippen LogP) is 4.35. The van der Waals surface area contributed by atoms with Gasteiger partial charge in [0.15, 0.2) is 11.5 Å². The molecule has 1 aromatic carbocycles. The molecule has 0 unspecified atom stereocenters. The fraction of sp³-hybridized carbons (Fsp3) is 0.562. The fourth-order valence-electron chi connectivity index (χ4n) is 2.89. The van der Waals surface area contributed by atoms with Gasteiger partial charge in [0.05, 0.1) is 18.8 Å². The normalized spacial score (nSPS) is 16.6. The quantitative estimate of drug-likeness (QED) is 0.583. The van der Waals surface area contributed by atoms with Crippen molar-refractivity contribution in [2.45, 2.75) is 51.2 Å². The van der Waals surface area contributed by atoms with Crippen molar-refractivity contribution >= 4 is 22.0 Å². The van der Waals surface area contributed by atoms with Crippen LogP contribution in [-0.4, -0.2) is 19.3 Å². The number of carbonyl (C=O) groups excluding carboxylic acids is 1. The van der Waals surface area contributed by atoms with Crippen LogP contribution in [-0.2, 0) is 10.3 Å². The van der Waals surface area contributed by atoms with E-state index >= 15 is 0 Å². The van der Waals surface area contributed by atoms with E-state index in [1.54, 1.807) is 13.2 Å². The summed E-state index contributed by atoms with van der Waals surface area (Å²) in [5.41, 5.74) is 0.488. The second-order valence-corrected chi connectivity index (χ2v) is 6.45. The van der Waals surface area contributed by atoms with Crippen molar-refractivity contribution in [1.29, 1.82) is 0 Å². The zero-order valence-corrected chi connectivity index (χ0v) is 14.2. The molecule has 2 rings (SSSR count). The molecule has 5 heteroatoms. The topological polar surface area (TPSA) is 47.9 Å². The lowest BCUT2D eigenvalue weighted by Crippen LogP contribution is -2.20. The summed E-state index contributed by atoms with van der Waals surface area (Å²) < 4.78 is 12.1. The molecule has 1 aliphatic rings. The van der Waals surface area contributed by atoms with Gasteiger partial charge in [0.2, 0.25) is 6.08 Å². The monoisotopic (exact) mass is 353 g/mol. The van der Waals surface area contributed by atoms with Gasteiger partial charge in [0.1, 0.15) is 0 Å². The minimum atomic E-state index is -0.484. The highest BCUT2D eigenvalue weighted by molar-refractivity contribution is 9.10. The van der Waals surface area contributed by atoms with E-state index in [2.05, 4.69) is 20.9 Å². The first-order valence-electron chi connectivity index (χ1n) is 7.16. The van der Waals surface area contributed by atoms with E-state index in [1.807, 2.05) is 26.0 Å². The van der Waals surface area contributed by atoms with Crippen LogP contribution in [0.5, 0.6) is 11.5 Å². The summed E-state index contributed by atoms with van der Waals surface area (Å²) in [6.45, 7) is 3.94. The molecule has 0 aromatic heterocycles. The number of rotatable bonds is 5. The maximum atomic E-state index is 10.9. The molecule has 1 saturated carbocycles. The van der Waals surface area contributed by atoms with Crippen molar-refractivity contribution in [3.05, 3.63) is 22.2 Å². The van der Waals surface area contributed by atoms with Crippen molar-refractivity contribution in [3.63, 3.8) is 0 Å². The van der Waals surface area contributed by atoms with Gasteiger partial charge in [-0.3, -0.25) is 0 Å².